The van der Waals surface area contributed by atoms with E-state index in [1.54, 1.807) is 6.20 Å². The molecule has 1 saturated carbocycles. The van der Waals surface area contributed by atoms with Gasteiger partial charge in [-0.2, -0.15) is 0 Å². The minimum atomic E-state index is -0.957. The summed E-state index contributed by atoms with van der Waals surface area (Å²) in [5, 5.41) is 10.8. The summed E-state index contributed by atoms with van der Waals surface area (Å²) >= 11 is 3.34. The Morgan fingerprint density at radius 3 is 2.55 bits per heavy atom. The number of ether oxygens (including phenoxy) is 1. The smallest absolute Gasteiger partial charge is 0.308 e. The van der Waals surface area contributed by atoms with Gasteiger partial charge in [-0.05, 0) is 66.6 Å². The van der Waals surface area contributed by atoms with Crippen molar-refractivity contribution < 1.29 is 14.6 Å². The lowest BCUT2D eigenvalue weighted by Gasteiger charge is -2.37. The Bertz CT molecular complexity index is 465. The van der Waals surface area contributed by atoms with E-state index in [1.807, 2.05) is 19.1 Å². The predicted octanol–water partition coefficient (Wildman–Crippen LogP) is 3.03. The summed E-state index contributed by atoms with van der Waals surface area (Å²) in [4.78, 5) is 15.8. The van der Waals surface area contributed by atoms with Crippen molar-refractivity contribution in [3.8, 4) is 0 Å². The van der Waals surface area contributed by atoms with Crippen LogP contribution in [0.3, 0.4) is 0 Å². The molecular weight excluding hydrogens is 322 g/mol. The molecule has 5 heteroatoms. The number of carbonyl (C=O) groups excluding carboxylic acids is 1. The number of carbonyl (C=O) groups is 1. The van der Waals surface area contributed by atoms with E-state index in [9.17, 15) is 9.90 Å². The van der Waals surface area contributed by atoms with E-state index in [2.05, 4.69) is 20.9 Å². The molecule has 0 bridgehead atoms. The van der Waals surface area contributed by atoms with Crippen molar-refractivity contribution >= 4 is 21.9 Å². The highest BCUT2D eigenvalue weighted by molar-refractivity contribution is 9.10. The van der Waals surface area contributed by atoms with Crippen molar-refractivity contribution in [2.45, 2.75) is 38.2 Å². The van der Waals surface area contributed by atoms with Crippen molar-refractivity contribution in [2.75, 3.05) is 7.11 Å². The number of rotatable bonds is 3. The van der Waals surface area contributed by atoms with E-state index in [1.165, 1.54) is 7.11 Å². The fourth-order valence-electron chi connectivity index (χ4n) is 2.94. The Kier molecular flexibility index (Phi) is 4.81. The van der Waals surface area contributed by atoms with Crippen molar-refractivity contribution in [3.63, 3.8) is 0 Å². The van der Waals surface area contributed by atoms with Gasteiger partial charge in [0.05, 0.1) is 18.7 Å². The first kappa shape index (κ1) is 15.4. The second kappa shape index (κ2) is 6.22. The van der Waals surface area contributed by atoms with Crippen LogP contribution < -0.4 is 0 Å². The summed E-state index contributed by atoms with van der Waals surface area (Å²) in [5.41, 5.74) is -0.274. The van der Waals surface area contributed by atoms with E-state index in [-0.39, 0.29) is 17.8 Å². The number of aliphatic hydroxyl groups is 1. The molecule has 0 saturated heterocycles. The molecule has 0 unspecified atom stereocenters. The van der Waals surface area contributed by atoms with Gasteiger partial charge in [-0.3, -0.25) is 9.78 Å². The van der Waals surface area contributed by atoms with Crippen LogP contribution >= 0.6 is 15.9 Å². The number of esters is 1. The quantitative estimate of drug-likeness (QED) is 0.858. The standard InChI is InChI=1S/C15H20BrNO3/c1-15(19,13-8-7-12(16)9-17-13)11-5-3-10(4-6-11)14(18)20-2/h7-11,19H,3-6H2,1-2H3/t10-,11-,15-/m1/s1. The lowest BCUT2D eigenvalue weighted by Crippen LogP contribution is -2.36. The summed E-state index contributed by atoms with van der Waals surface area (Å²) < 4.78 is 5.68. The molecule has 2 rings (SSSR count). The molecule has 0 radical (unpaired) electrons. The molecule has 20 heavy (non-hydrogen) atoms. The van der Waals surface area contributed by atoms with Gasteiger partial charge in [0.1, 0.15) is 5.60 Å². The van der Waals surface area contributed by atoms with Gasteiger partial charge in [0.15, 0.2) is 0 Å². The Hall–Kier alpha value is -0.940. The minimum Gasteiger partial charge on any atom is -0.469 e. The van der Waals surface area contributed by atoms with Crippen LogP contribution in [0.4, 0.5) is 0 Å². The fourth-order valence-corrected chi connectivity index (χ4v) is 3.18. The number of halogens is 1. The largest absolute Gasteiger partial charge is 0.469 e. The zero-order valence-corrected chi connectivity index (χ0v) is 13.4. The van der Waals surface area contributed by atoms with Gasteiger partial charge in [-0.15, -0.1) is 0 Å². The van der Waals surface area contributed by atoms with Crippen LogP contribution in [-0.2, 0) is 15.1 Å². The molecule has 1 aliphatic rings. The highest BCUT2D eigenvalue weighted by Crippen LogP contribution is 2.40. The van der Waals surface area contributed by atoms with Crippen LogP contribution in [0, 0.1) is 11.8 Å². The topological polar surface area (TPSA) is 59.4 Å². The maximum Gasteiger partial charge on any atom is 0.308 e. The number of methoxy groups -OCH3 is 1. The Morgan fingerprint density at radius 2 is 2.05 bits per heavy atom. The Morgan fingerprint density at radius 1 is 1.40 bits per heavy atom. The first-order chi connectivity index (χ1) is 9.45. The molecular formula is C15H20BrNO3. The molecule has 110 valence electrons. The number of hydrogen-bond donors (Lipinski definition) is 1. The van der Waals surface area contributed by atoms with E-state index in [4.69, 9.17) is 4.74 Å². The fraction of sp³-hybridized carbons (Fsp3) is 0.600. The molecule has 1 aliphatic carbocycles. The minimum absolute atomic E-state index is 0.0232. The summed E-state index contributed by atoms with van der Waals surface area (Å²) in [6.07, 6.45) is 4.85. The van der Waals surface area contributed by atoms with Crippen LogP contribution in [0.1, 0.15) is 38.3 Å². The number of nitrogens with zero attached hydrogens (tertiary/aromatic N) is 1. The molecule has 0 amide bonds. The second-order valence-corrected chi connectivity index (χ2v) is 6.50. The predicted molar refractivity (Wildman–Crippen MR) is 79.0 cm³/mol. The lowest BCUT2D eigenvalue weighted by atomic mass is 9.73. The third kappa shape index (κ3) is 3.20. The lowest BCUT2D eigenvalue weighted by molar-refractivity contribution is -0.148. The molecule has 1 aromatic rings. The van der Waals surface area contributed by atoms with Crippen molar-refractivity contribution in [2.24, 2.45) is 11.8 Å². The molecule has 1 N–H and O–H groups in total. The second-order valence-electron chi connectivity index (χ2n) is 5.58. The van der Waals surface area contributed by atoms with Crippen LogP contribution in [-0.4, -0.2) is 23.2 Å². The first-order valence-corrected chi connectivity index (χ1v) is 7.66. The summed E-state index contributed by atoms with van der Waals surface area (Å²) in [6.45, 7) is 1.81. The normalized spacial score (nSPS) is 25.8. The van der Waals surface area contributed by atoms with Gasteiger partial charge < -0.3 is 9.84 Å². The number of aromatic nitrogens is 1. The van der Waals surface area contributed by atoms with E-state index >= 15 is 0 Å². The van der Waals surface area contributed by atoms with Crippen molar-refractivity contribution in [3.05, 3.63) is 28.5 Å². The highest BCUT2D eigenvalue weighted by atomic mass is 79.9. The molecule has 1 aromatic heterocycles. The summed E-state index contributed by atoms with van der Waals surface area (Å²) in [5.74, 6) is -0.0353. The van der Waals surface area contributed by atoms with Crippen LogP contribution in [0.25, 0.3) is 0 Å². The third-order valence-electron chi connectivity index (χ3n) is 4.30. The number of hydrogen-bond acceptors (Lipinski definition) is 4. The van der Waals surface area contributed by atoms with Crippen LogP contribution in [0.5, 0.6) is 0 Å². The van der Waals surface area contributed by atoms with Crippen molar-refractivity contribution in [1.29, 1.82) is 0 Å². The molecule has 4 nitrogen and oxygen atoms in total. The summed E-state index contributed by atoms with van der Waals surface area (Å²) in [6, 6.07) is 3.73. The Labute approximate surface area is 127 Å². The molecule has 0 spiro atoms. The first-order valence-electron chi connectivity index (χ1n) is 6.87. The van der Waals surface area contributed by atoms with Gasteiger partial charge in [0, 0.05) is 10.7 Å². The third-order valence-corrected chi connectivity index (χ3v) is 4.77. The van der Waals surface area contributed by atoms with Gasteiger partial charge >= 0.3 is 5.97 Å². The van der Waals surface area contributed by atoms with Gasteiger partial charge in [0.2, 0.25) is 0 Å². The molecule has 1 heterocycles. The molecule has 1 atom stereocenters. The zero-order chi connectivity index (χ0) is 14.8. The number of pyridine rings is 1. The van der Waals surface area contributed by atoms with Gasteiger partial charge in [0.25, 0.3) is 0 Å². The van der Waals surface area contributed by atoms with Gasteiger partial charge in [-0.1, -0.05) is 0 Å². The van der Waals surface area contributed by atoms with Crippen molar-refractivity contribution in [1.82, 2.24) is 4.98 Å². The van der Waals surface area contributed by atoms with Crippen LogP contribution in [0.15, 0.2) is 22.8 Å². The molecule has 1 fully saturated rings. The maximum absolute atomic E-state index is 11.5. The summed E-state index contributed by atoms with van der Waals surface area (Å²) in [7, 11) is 1.43. The monoisotopic (exact) mass is 341 g/mol. The van der Waals surface area contributed by atoms with E-state index < -0.39 is 5.60 Å². The average Bonchev–Trinajstić information content (AvgIpc) is 2.47. The van der Waals surface area contributed by atoms with Gasteiger partial charge in [-0.25, -0.2) is 0 Å². The maximum atomic E-state index is 11.5. The molecule has 0 aromatic carbocycles. The Balaban J connectivity index is 2.05. The van der Waals surface area contributed by atoms with Crippen LogP contribution in [0.2, 0.25) is 0 Å². The average molecular weight is 342 g/mol. The van der Waals surface area contributed by atoms with E-state index in [0.29, 0.717) is 5.69 Å². The van der Waals surface area contributed by atoms with E-state index in [0.717, 1.165) is 30.2 Å². The SMILES string of the molecule is COC(=O)[C@H]1CC[C@H]([C@@](C)(O)c2ccc(Br)cn2)CC1. The molecule has 0 aliphatic heterocycles. The zero-order valence-electron chi connectivity index (χ0n) is 11.8. The highest BCUT2D eigenvalue weighted by Gasteiger charge is 2.39.